The molecule has 1 aliphatic rings. The van der Waals surface area contributed by atoms with Crippen LogP contribution in [-0.4, -0.2) is 28.5 Å². The van der Waals surface area contributed by atoms with Gasteiger partial charge in [-0.1, -0.05) is 25.0 Å². The van der Waals surface area contributed by atoms with Crippen molar-refractivity contribution in [3.05, 3.63) is 30.1 Å². The number of fused-ring (bicyclic) bond motifs is 1. The number of aryl methyl sites for hydroxylation is 1. The van der Waals surface area contributed by atoms with Crippen LogP contribution in [0.1, 0.15) is 31.5 Å². The first-order valence-electron chi connectivity index (χ1n) is 8.06. The number of halogens is 2. The van der Waals surface area contributed by atoms with Crippen LogP contribution in [0.2, 0.25) is 0 Å². The maximum absolute atomic E-state index is 12.5. The molecule has 0 saturated heterocycles. The first-order valence-corrected chi connectivity index (χ1v) is 8.06. The van der Waals surface area contributed by atoms with Gasteiger partial charge in [-0.2, -0.15) is 0 Å². The second-order valence-electron chi connectivity index (χ2n) is 6.25. The van der Waals surface area contributed by atoms with Crippen LogP contribution in [0.4, 0.5) is 0 Å². The lowest BCUT2D eigenvalue weighted by atomic mass is 9.85. The third kappa shape index (κ3) is 3.85. The molecule has 1 heterocycles. The standard InChI is InChI=1S/C17H24N4O.2ClH/c1-13-20-14-6-2-3-7-15(14)21(13)11-10-19-16(22)17(12-18)8-4-5-9-17;;/h2-3,6-7H,4-5,8-12,18H2,1H3,(H,19,22);2*1H. The summed E-state index contributed by atoms with van der Waals surface area (Å²) in [5, 5.41) is 3.08. The fourth-order valence-corrected chi connectivity index (χ4v) is 3.52. The van der Waals surface area contributed by atoms with Crippen LogP contribution in [0.25, 0.3) is 11.0 Å². The largest absolute Gasteiger partial charge is 0.354 e. The number of nitrogens with one attached hydrogen (secondary N) is 1. The summed E-state index contributed by atoms with van der Waals surface area (Å²) in [5.74, 6) is 1.10. The SMILES string of the molecule is Cc1nc2ccccc2n1CCNC(=O)C1(CN)CCCC1.Cl.Cl. The van der Waals surface area contributed by atoms with E-state index in [1.807, 2.05) is 25.1 Å². The lowest BCUT2D eigenvalue weighted by molar-refractivity contribution is -0.130. The Bertz CT molecular complexity index is 680. The molecule has 134 valence electrons. The average Bonchev–Trinajstić information content (AvgIpc) is 3.13. The molecule has 0 aliphatic heterocycles. The van der Waals surface area contributed by atoms with E-state index < -0.39 is 0 Å². The molecule has 0 bridgehead atoms. The van der Waals surface area contributed by atoms with E-state index in [4.69, 9.17) is 5.73 Å². The lowest BCUT2D eigenvalue weighted by Gasteiger charge is -2.25. The monoisotopic (exact) mass is 372 g/mol. The van der Waals surface area contributed by atoms with Crippen molar-refractivity contribution in [2.75, 3.05) is 13.1 Å². The Kier molecular flexibility index (Phi) is 7.52. The lowest BCUT2D eigenvalue weighted by Crippen LogP contribution is -2.45. The van der Waals surface area contributed by atoms with Gasteiger partial charge in [0, 0.05) is 19.6 Å². The van der Waals surface area contributed by atoms with E-state index in [0.717, 1.165) is 49.1 Å². The Morgan fingerprint density at radius 3 is 2.62 bits per heavy atom. The number of para-hydroxylation sites is 2. The molecule has 1 aromatic carbocycles. The summed E-state index contributed by atoms with van der Waals surface area (Å²) >= 11 is 0. The van der Waals surface area contributed by atoms with Gasteiger partial charge in [0.15, 0.2) is 0 Å². The van der Waals surface area contributed by atoms with Crippen LogP contribution < -0.4 is 11.1 Å². The molecule has 1 amide bonds. The molecule has 1 aliphatic carbocycles. The summed E-state index contributed by atoms with van der Waals surface area (Å²) in [6, 6.07) is 8.08. The van der Waals surface area contributed by atoms with E-state index in [1.165, 1.54) is 0 Å². The molecule has 5 nitrogen and oxygen atoms in total. The molecule has 0 unspecified atom stereocenters. The molecular weight excluding hydrogens is 347 g/mol. The van der Waals surface area contributed by atoms with Gasteiger partial charge in [-0.25, -0.2) is 4.98 Å². The minimum absolute atomic E-state index is 0. The summed E-state index contributed by atoms with van der Waals surface area (Å²) in [5.41, 5.74) is 7.65. The van der Waals surface area contributed by atoms with E-state index >= 15 is 0 Å². The number of hydrogen-bond acceptors (Lipinski definition) is 3. The first kappa shape index (κ1) is 20.7. The van der Waals surface area contributed by atoms with Crippen molar-refractivity contribution >= 4 is 41.8 Å². The molecule has 1 saturated carbocycles. The minimum atomic E-state index is -0.327. The Balaban J connectivity index is 0.00000144. The van der Waals surface area contributed by atoms with E-state index in [-0.39, 0.29) is 36.1 Å². The molecule has 0 radical (unpaired) electrons. The van der Waals surface area contributed by atoms with Crippen LogP contribution >= 0.6 is 24.8 Å². The van der Waals surface area contributed by atoms with Gasteiger partial charge in [-0.15, -0.1) is 24.8 Å². The number of amides is 1. The Morgan fingerprint density at radius 1 is 1.29 bits per heavy atom. The fraction of sp³-hybridized carbons (Fsp3) is 0.529. The van der Waals surface area contributed by atoms with E-state index in [0.29, 0.717) is 13.1 Å². The van der Waals surface area contributed by atoms with Crippen molar-refractivity contribution in [1.29, 1.82) is 0 Å². The summed E-state index contributed by atoms with van der Waals surface area (Å²) in [4.78, 5) is 17.0. The number of hydrogen-bond donors (Lipinski definition) is 2. The number of benzene rings is 1. The van der Waals surface area contributed by atoms with Crippen LogP contribution in [0, 0.1) is 12.3 Å². The first-order chi connectivity index (χ1) is 10.7. The van der Waals surface area contributed by atoms with Gasteiger partial charge >= 0.3 is 0 Å². The van der Waals surface area contributed by atoms with Crippen LogP contribution in [-0.2, 0) is 11.3 Å². The molecule has 1 fully saturated rings. The molecule has 7 heteroatoms. The summed E-state index contributed by atoms with van der Waals surface area (Å²) < 4.78 is 2.15. The van der Waals surface area contributed by atoms with Gasteiger partial charge in [0.2, 0.25) is 5.91 Å². The maximum Gasteiger partial charge on any atom is 0.227 e. The highest BCUT2D eigenvalue weighted by atomic mass is 35.5. The molecular formula is C17H26Cl2N4O. The second-order valence-corrected chi connectivity index (χ2v) is 6.25. The van der Waals surface area contributed by atoms with Crippen LogP contribution in [0.5, 0.6) is 0 Å². The van der Waals surface area contributed by atoms with Gasteiger partial charge in [0.1, 0.15) is 5.82 Å². The van der Waals surface area contributed by atoms with Gasteiger partial charge in [-0.3, -0.25) is 4.79 Å². The Hall–Kier alpha value is -1.30. The number of aromatic nitrogens is 2. The predicted molar refractivity (Wildman–Crippen MR) is 102 cm³/mol. The number of nitrogens with zero attached hydrogens (tertiary/aromatic N) is 2. The van der Waals surface area contributed by atoms with Gasteiger partial charge in [0.25, 0.3) is 0 Å². The van der Waals surface area contributed by atoms with Crippen molar-refractivity contribution < 1.29 is 4.79 Å². The Labute approximate surface area is 155 Å². The fourth-order valence-electron chi connectivity index (χ4n) is 3.52. The Morgan fingerprint density at radius 2 is 1.96 bits per heavy atom. The molecule has 24 heavy (non-hydrogen) atoms. The summed E-state index contributed by atoms with van der Waals surface area (Å²) in [6.07, 6.45) is 4.05. The van der Waals surface area contributed by atoms with Crippen molar-refractivity contribution in [3.8, 4) is 0 Å². The summed E-state index contributed by atoms with van der Waals surface area (Å²) in [6.45, 7) is 3.80. The number of nitrogens with two attached hydrogens (primary N) is 1. The topological polar surface area (TPSA) is 72.9 Å². The van der Waals surface area contributed by atoms with Crippen LogP contribution in [0.15, 0.2) is 24.3 Å². The zero-order valence-corrected chi connectivity index (χ0v) is 15.6. The molecule has 3 N–H and O–H groups in total. The minimum Gasteiger partial charge on any atom is -0.354 e. The molecule has 1 aromatic heterocycles. The third-order valence-electron chi connectivity index (χ3n) is 4.90. The summed E-state index contributed by atoms with van der Waals surface area (Å²) in [7, 11) is 0. The molecule has 0 atom stereocenters. The second kappa shape index (κ2) is 8.70. The van der Waals surface area contributed by atoms with Crippen molar-refractivity contribution in [3.63, 3.8) is 0 Å². The number of carbonyl (C=O) groups is 1. The number of imidazole rings is 1. The van der Waals surface area contributed by atoms with E-state index in [1.54, 1.807) is 0 Å². The highest BCUT2D eigenvalue weighted by Crippen LogP contribution is 2.37. The van der Waals surface area contributed by atoms with Crippen molar-refractivity contribution in [1.82, 2.24) is 14.9 Å². The number of rotatable bonds is 5. The normalized spacial score (nSPS) is 15.6. The molecule has 3 rings (SSSR count). The maximum atomic E-state index is 12.5. The quantitative estimate of drug-likeness (QED) is 0.847. The zero-order chi connectivity index (χ0) is 15.6. The van der Waals surface area contributed by atoms with Crippen molar-refractivity contribution in [2.45, 2.75) is 39.2 Å². The van der Waals surface area contributed by atoms with E-state index in [2.05, 4.69) is 20.9 Å². The van der Waals surface area contributed by atoms with Crippen LogP contribution in [0.3, 0.4) is 0 Å². The highest BCUT2D eigenvalue weighted by Gasteiger charge is 2.39. The van der Waals surface area contributed by atoms with E-state index in [9.17, 15) is 4.79 Å². The predicted octanol–water partition coefficient (Wildman–Crippen LogP) is 2.82. The van der Waals surface area contributed by atoms with Crippen molar-refractivity contribution in [2.24, 2.45) is 11.1 Å². The van der Waals surface area contributed by atoms with Gasteiger partial charge in [0.05, 0.1) is 16.4 Å². The average molecular weight is 373 g/mol. The van der Waals surface area contributed by atoms with Gasteiger partial charge < -0.3 is 15.6 Å². The zero-order valence-electron chi connectivity index (χ0n) is 14.0. The smallest absolute Gasteiger partial charge is 0.227 e. The highest BCUT2D eigenvalue weighted by molar-refractivity contribution is 5.85. The molecule has 2 aromatic rings. The third-order valence-corrected chi connectivity index (χ3v) is 4.90. The number of carbonyl (C=O) groups excluding carboxylic acids is 1. The van der Waals surface area contributed by atoms with Gasteiger partial charge in [-0.05, 0) is 31.9 Å². The molecule has 0 spiro atoms.